The van der Waals surface area contributed by atoms with E-state index in [1.54, 1.807) is 0 Å². The first-order valence-electron chi connectivity index (χ1n) is 4.98. The van der Waals surface area contributed by atoms with E-state index in [4.69, 9.17) is 0 Å². The normalized spacial score (nSPS) is 21.3. The maximum absolute atomic E-state index is 11.8. The van der Waals surface area contributed by atoms with E-state index in [2.05, 4.69) is 36.8 Å². The summed E-state index contributed by atoms with van der Waals surface area (Å²) in [4.78, 5) is 11.8. The van der Waals surface area contributed by atoms with Crippen molar-refractivity contribution in [1.29, 1.82) is 0 Å². The van der Waals surface area contributed by atoms with E-state index in [0.29, 0.717) is 10.2 Å². The van der Waals surface area contributed by atoms with Crippen LogP contribution in [0.25, 0.3) is 0 Å². The molecule has 2 heterocycles. The molecule has 82 valence electrons. The molecule has 1 saturated heterocycles. The number of nitrogens with one attached hydrogen (secondary N) is 3. The fourth-order valence-corrected chi connectivity index (χ4v) is 2.05. The molecule has 1 aliphatic heterocycles. The Bertz CT molecular complexity index is 346. The van der Waals surface area contributed by atoms with Gasteiger partial charge in [0.1, 0.15) is 4.60 Å². The lowest BCUT2D eigenvalue weighted by atomic mass is 10.1. The lowest BCUT2D eigenvalue weighted by molar-refractivity contribution is 0.0930. The average molecular weight is 273 g/mol. The van der Waals surface area contributed by atoms with Crippen molar-refractivity contribution in [3.8, 4) is 0 Å². The van der Waals surface area contributed by atoms with Crippen molar-refractivity contribution in [2.75, 3.05) is 13.1 Å². The van der Waals surface area contributed by atoms with E-state index in [0.717, 1.165) is 25.9 Å². The number of amides is 1. The van der Waals surface area contributed by atoms with Crippen LogP contribution in [0, 0.1) is 0 Å². The van der Waals surface area contributed by atoms with Crippen molar-refractivity contribution >= 4 is 21.8 Å². The van der Waals surface area contributed by atoms with Crippen LogP contribution in [0.4, 0.5) is 0 Å². The molecule has 1 amide bonds. The number of aromatic amines is 1. The minimum Gasteiger partial charge on any atom is -0.348 e. The minimum absolute atomic E-state index is 0.0793. The number of nitrogens with zero attached hydrogens (tertiary/aromatic N) is 1. The number of piperidine rings is 1. The second-order valence-corrected chi connectivity index (χ2v) is 4.41. The van der Waals surface area contributed by atoms with E-state index in [1.165, 1.54) is 6.20 Å². The number of H-pyrrole nitrogens is 1. The molecule has 0 bridgehead atoms. The Balaban J connectivity index is 1.94. The molecule has 1 atom stereocenters. The molecule has 0 saturated carbocycles. The number of rotatable bonds is 2. The molecule has 1 aromatic rings. The van der Waals surface area contributed by atoms with Crippen molar-refractivity contribution in [1.82, 2.24) is 20.8 Å². The van der Waals surface area contributed by atoms with Gasteiger partial charge in [-0.2, -0.15) is 5.10 Å². The van der Waals surface area contributed by atoms with Crippen LogP contribution in [0.1, 0.15) is 23.2 Å². The summed E-state index contributed by atoms with van der Waals surface area (Å²) in [5.74, 6) is -0.0793. The van der Waals surface area contributed by atoms with Gasteiger partial charge in [0.25, 0.3) is 5.91 Å². The summed E-state index contributed by atoms with van der Waals surface area (Å²) in [5, 5.41) is 12.7. The van der Waals surface area contributed by atoms with Gasteiger partial charge in [0, 0.05) is 12.6 Å². The average Bonchev–Trinajstić information content (AvgIpc) is 2.66. The van der Waals surface area contributed by atoms with Gasteiger partial charge in [0.15, 0.2) is 0 Å². The quantitative estimate of drug-likeness (QED) is 0.741. The monoisotopic (exact) mass is 272 g/mol. The maximum atomic E-state index is 11.8. The molecule has 0 spiro atoms. The third kappa shape index (κ3) is 2.57. The Kier molecular flexibility index (Phi) is 3.37. The molecule has 1 unspecified atom stereocenters. The zero-order chi connectivity index (χ0) is 10.7. The smallest absolute Gasteiger partial charge is 0.255 e. The van der Waals surface area contributed by atoms with Gasteiger partial charge in [-0.15, -0.1) is 0 Å². The summed E-state index contributed by atoms with van der Waals surface area (Å²) in [6, 6.07) is 0.230. The van der Waals surface area contributed by atoms with E-state index in [1.807, 2.05) is 0 Å². The second kappa shape index (κ2) is 4.76. The van der Waals surface area contributed by atoms with Gasteiger partial charge in [-0.1, -0.05) is 0 Å². The van der Waals surface area contributed by atoms with Gasteiger partial charge >= 0.3 is 0 Å². The largest absolute Gasteiger partial charge is 0.348 e. The van der Waals surface area contributed by atoms with Crippen molar-refractivity contribution in [3.05, 3.63) is 16.4 Å². The zero-order valence-electron chi connectivity index (χ0n) is 8.22. The van der Waals surface area contributed by atoms with Crippen LogP contribution in [-0.4, -0.2) is 35.2 Å². The van der Waals surface area contributed by atoms with Crippen molar-refractivity contribution < 1.29 is 4.79 Å². The zero-order valence-corrected chi connectivity index (χ0v) is 9.80. The highest BCUT2D eigenvalue weighted by Gasteiger charge is 2.18. The molecule has 0 aliphatic carbocycles. The lowest BCUT2D eigenvalue weighted by Gasteiger charge is -2.23. The van der Waals surface area contributed by atoms with Crippen molar-refractivity contribution in [2.24, 2.45) is 0 Å². The highest BCUT2D eigenvalue weighted by atomic mass is 79.9. The number of aromatic nitrogens is 2. The second-order valence-electron chi connectivity index (χ2n) is 3.61. The summed E-state index contributed by atoms with van der Waals surface area (Å²) < 4.78 is 0.628. The van der Waals surface area contributed by atoms with E-state index >= 15 is 0 Å². The van der Waals surface area contributed by atoms with E-state index in [-0.39, 0.29) is 11.9 Å². The fourth-order valence-electron chi connectivity index (χ4n) is 1.67. The van der Waals surface area contributed by atoms with Gasteiger partial charge in [0.05, 0.1) is 11.8 Å². The summed E-state index contributed by atoms with van der Waals surface area (Å²) in [7, 11) is 0. The standard InChI is InChI=1S/C9H13BrN4O/c10-8-7(5-12-14-8)9(15)13-6-2-1-3-11-4-6/h5-6,11H,1-4H2,(H,12,14)(H,13,15). The van der Waals surface area contributed by atoms with E-state index in [9.17, 15) is 4.79 Å². The summed E-state index contributed by atoms with van der Waals surface area (Å²) >= 11 is 3.24. The Hall–Kier alpha value is -0.880. The summed E-state index contributed by atoms with van der Waals surface area (Å²) in [6.45, 7) is 1.89. The van der Waals surface area contributed by atoms with Gasteiger partial charge in [-0.25, -0.2) is 0 Å². The fraction of sp³-hybridized carbons (Fsp3) is 0.556. The van der Waals surface area contributed by atoms with Crippen molar-refractivity contribution in [2.45, 2.75) is 18.9 Å². The molecule has 6 heteroatoms. The molecule has 1 aliphatic rings. The third-order valence-corrected chi connectivity index (χ3v) is 3.07. The number of hydrogen-bond acceptors (Lipinski definition) is 3. The Labute approximate surface area is 96.1 Å². The molecule has 15 heavy (non-hydrogen) atoms. The van der Waals surface area contributed by atoms with Crippen LogP contribution in [-0.2, 0) is 0 Å². The molecule has 2 rings (SSSR count). The predicted octanol–water partition coefficient (Wildman–Crippen LogP) is 0.654. The molecular weight excluding hydrogens is 260 g/mol. The number of carbonyl (C=O) groups is 1. The van der Waals surface area contributed by atoms with Crippen LogP contribution < -0.4 is 10.6 Å². The predicted molar refractivity (Wildman–Crippen MR) is 59.6 cm³/mol. The van der Waals surface area contributed by atoms with Gasteiger partial charge in [0.2, 0.25) is 0 Å². The topological polar surface area (TPSA) is 69.8 Å². The van der Waals surface area contributed by atoms with Gasteiger partial charge in [-0.3, -0.25) is 9.89 Å². The number of carbonyl (C=O) groups excluding carboxylic acids is 1. The molecule has 0 radical (unpaired) electrons. The highest BCUT2D eigenvalue weighted by molar-refractivity contribution is 9.10. The number of halogens is 1. The first-order chi connectivity index (χ1) is 7.27. The van der Waals surface area contributed by atoms with Gasteiger partial charge in [-0.05, 0) is 35.3 Å². The minimum atomic E-state index is -0.0793. The Morgan fingerprint density at radius 2 is 2.53 bits per heavy atom. The first-order valence-corrected chi connectivity index (χ1v) is 5.77. The van der Waals surface area contributed by atoms with Crippen molar-refractivity contribution in [3.63, 3.8) is 0 Å². The number of hydrogen-bond donors (Lipinski definition) is 3. The molecule has 0 aromatic carbocycles. The Morgan fingerprint density at radius 3 is 3.13 bits per heavy atom. The highest BCUT2D eigenvalue weighted by Crippen LogP contribution is 2.12. The third-order valence-electron chi connectivity index (χ3n) is 2.47. The molecule has 1 fully saturated rings. The molecule has 1 aromatic heterocycles. The lowest BCUT2D eigenvalue weighted by Crippen LogP contribution is -2.45. The maximum Gasteiger partial charge on any atom is 0.255 e. The van der Waals surface area contributed by atoms with Crippen LogP contribution in [0.15, 0.2) is 10.8 Å². The molecule has 5 nitrogen and oxygen atoms in total. The van der Waals surface area contributed by atoms with Crippen LogP contribution in [0.2, 0.25) is 0 Å². The SMILES string of the molecule is O=C(NC1CCCNC1)c1cn[nH]c1Br. The van der Waals surface area contributed by atoms with Gasteiger partial charge < -0.3 is 10.6 Å². The molecular formula is C9H13BrN4O. The van der Waals surface area contributed by atoms with Crippen LogP contribution in [0.3, 0.4) is 0 Å². The Morgan fingerprint density at radius 1 is 1.67 bits per heavy atom. The summed E-state index contributed by atoms with van der Waals surface area (Å²) in [5.41, 5.74) is 0.556. The van der Waals surface area contributed by atoms with Crippen LogP contribution >= 0.6 is 15.9 Å². The van der Waals surface area contributed by atoms with E-state index < -0.39 is 0 Å². The first kappa shape index (κ1) is 10.6. The summed E-state index contributed by atoms with van der Waals surface area (Å²) in [6.07, 6.45) is 3.67. The van der Waals surface area contributed by atoms with Crippen LogP contribution in [0.5, 0.6) is 0 Å². The molecule has 3 N–H and O–H groups in total.